The lowest BCUT2D eigenvalue weighted by Crippen LogP contribution is -2.50. The lowest BCUT2D eigenvalue weighted by molar-refractivity contribution is -0.189. The predicted molar refractivity (Wildman–Crippen MR) is 64.0 cm³/mol. The number of carbonyl (C=O) groups excluding carboxylic acids is 1. The largest absolute Gasteiger partial charge is 0.365 e. The minimum absolute atomic E-state index is 0.146. The summed E-state index contributed by atoms with van der Waals surface area (Å²) in [6.45, 7) is 4.81. The van der Waals surface area contributed by atoms with Gasteiger partial charge in [0.25, 0.3) is 5.91 Å². The Morgan fingerprint density at radius 2 is 1.83 bits per heavy atom. The predicted octanol–water partition coefficient (Wildman–Crippen LogP) is 0.919. The maximum absolute atomic E-state index is 12.3. The number of rotatable bonds is 1. The van der Waals surface area contributed by atoms with Crippen molar-refractivity contribution in [2.75, 3.05) is 26.3 Å². The lowest BCUT2D eigenvalue weighted by atomic mass is 10.0. The normalized spacial score (nSPS) is 35.3. The highest BCUT2D eigenvalue weighted by Crippen LogP contribution is 2.32. The van der Waals surface area contributed by atoms with Gasteiger partial charge in [-0.25, -0.2) is 0 Å². The molecule has 2 atom stereocenters. The van der Waals surface area contributed by atoms with E-state index in [4.69, 9.17) is 14.2 Å². The zero-order valence-electron chi connectivity index (χ0n) is 10.9. The maximum Gasteiger partial charge on any atom is 0.251 e. The van der Waals surface area contributed by atoms with E-state index in [1.54, 1.807) is 0 Å². The summed E-state index contributed by atoms with van der Waals surface area (Å²) in [5.41, 5.74) is 0. The fourth-order valence-electron chi connectivity index (χ4n) is 3.04. The Kier molecular flexibility index (Phi) is 3.30. The fourth-order valence-corrected chi connectivity index (χ4v) is 3.04. The van der Waals surface area contributed by atoms with Gasteiger partial charge in [0.05, 0.1) is 19.3 Å². The Morgan fingerprint density at radius 3 is 2.39 bits per heavy atom. The number of hydrogen-bond acceptors (Lipinski definition) is 4. The van der Waals surface area contributed by atoms with Gasteiger partial charge in [-0.1, -0.05) is 0 Å². The van der Waals surface area contributed by atoms with Gasteiger partial charge in [-0.2, -0.15) is 0 Å². The number of nitrogens with zero attached hydrogens (tertiary/aromatic N) is 1. The SMILES string of the molecule is CC1CCC(C(=O)N2CCC3(CC2)OCCO3)O1. The highest BCUT2D eigenvalue weighted by atomic mass is 16.7. The Balaban J connectivity index is 1.54. The van der Waals surface area contributed by atoms with Crippen LogP contribution in [-0.2, 0) is 19.0 Å². The molecule has 2 unspecified atom stereocenters. The standard InChI is InChI=1S/C13H21NO4/c1-10-2-3-11(18-10)12(15)14-6-4-13(5-7-14)16-8-9-17-13/h10-11H,2-9H2,1H3. The fraction of sp³-hybridized carbons (Fsp3) is 0.923. The number of piperidine rings is 1. The van der Waals surface area contributed by atoms with Gasteiger partial charge in [0.15, 0.2) is 5.79 Å². The van der Waals surface area contributed by atoms with Crippen LogP contribution in [0.4, 0.5) is 0 Å². The van der Waals surface area contributed by atoms with E-state index in [2.05, 4.69) is 0 Å². The molecule has 3 heterocycles. The molecule has 0 aromatic rings. The summed E-state index contributed by atoms with van der Waals surface area (Å²) in [5, 5.41) is 0. The van der Waals surface area contributed by atoms with E-state index in [0.717, 1.165) is 25.7 Å². The first-order chi connectivity index (χ1) is 8.69. The smallest absolute Gasteiger partial charge is 0.251 e. The molecule has 3 aliphatic heterocycles. The van der Waals surface area contributed by atoms with Gasteiger partial charge in [-0.05, 0) is 19.8 Å². The molecule has 0 bridgehead atoms. The molecule has 0 aliphatic carbocycles. The topological polar surface area (TPSA) is 48.0 Å². The summed E-state index contributed by atoms with van der Waals surface area (Å²) in [7, 11) is 0. The summed E-state index contributed by atoms with van der Waals surface area (Å²) in [4.78, 5) is 14.2. The van der Waals surface area contributed by atoms with E-state index in [1.807, 2.05) is 11.8 Å². The first kappa shape index (κ1) is 12.4. The number of carbonyl (C=O) groups is 1. The van der Waals surface area contributed by atoms with Crippen LogP contribution < -0.4 is 0 Å². The van der Waals surface area contributed by atoms with Crippen molar-refractivity contribution in [3.63, 3.8) is 0 Å². The van der Waals surface area contributed by atoms with Crippen molar-refractivity contribution in [2.24, 2.45) is 0 Å². The van der Waals surface area contributed by atoms with E-state index >= 15 is 0 Å². The van der Waals surface area contributed by atoms with E-state index in [-0.39, 0.29) is 18.1 Å². The van der Waals surface area contributed by atoms with Crippen LogP contribution in [0.5, 0.6) is 0 Å². The van der Waals surface area contributed by atoms with Gasteiger partial charge in [0, 0.05) is 25.9 Å². The first-order valence-corrected chi connectivity index (χ1v) is 6.91. The Bertz CT molecular complexity index is 317. The zero-order valence-corrected chi connectivity index (χ0v) is 10.9. The number of hydrogen-bond donors (Lipinski definition) is 0. The minimum atomic E-state index is -0.402. The quantitative estimate of drug-likeness (QED) is 0.699. The van der Waals surface area contributed by atoms with Crippen molar-refractivity contribution >= 4 is 5.91 Å². The molecular formula is C13H21NO4. The van der Waals surface area contributed by atoms with Crippen molar-refractivity contribution in [1.29, 1.82) is 0 Å². The van der Waals surface area contributed by atoms with Gasteiger partial charge in [0.1, 0.15) is 6.10 Å². The number of amides is 1. The molecule has 0 radical (unpaired) electrons. The summed E-state index contributed by atoms with van der Waals surface area (Å²) < 4.78 is 17.0. The molecule has 3 saturated heterocycles. The minimum Gasteiger partial charge on any atom is -0.365 e. The highest BCUT2D eigenvalue weighted by Gasteiger charge is 2.42. The Labute approximate surface area is 107 Å². The third-order valence-electron chi connectivity index (χ3n) is 4.16. The molecule has 1 spiro atoms. The molecule has 18 heavy (non-hydrogen) atoms. The van der Waals surface area contributed by atoms with E-state index < -0.39 is 5.79 Å². The molecule has 5 heteroatoms. The van der Waals surface area contributed by atoms with Crippen molar-refractivity contribution in [3.05, 3.63) is 0 Å². The van der Waals surface area contributed by atoms with Crippen LogP contribution in [0.25, 0.3) is 0 Å². The summed E-state index contributed by atoms with van der Waals surface area (Å²) in [5.74, 6) is -0.257. The van der Waals surface area contributed by atoms with Gasteiger partial charge in [0.2, 0.25) is 0 Å². The molecule has 0 aromatic heterocycles. The van der Waals surface area contributed by atoms with Gasteiger partial charge in [-0.15, -0.1) is 0 Å². The van der Waals surface area contributed by atoms with Gasteiger partial charge in [-0.3, -0.25) is 4.79 Å². The third kappa shape index (κ3) is 2.27. The van der Waals surface area contributed by atoms with E-state index in [0.29, 0.717) is 26.3 Å². The van der Waals surface area contributed by atoms with Gasteiger partial charge < -0.3 is 19.1 Å². The highest BCUT2D eigenvalue weighted by molar-refractivity contribution is 5.81. The van der Waals surface area contributed by atoms with Crippen LogP contribution in [0.2, 0.25) is 0 Å². The molecule has 3 aliphatic rings. The summed E-state index contributed by atoms with van der Waals surface area (Å²) in [6.07, 6.45) is 3.40. The second kappa shape index (κ2) is 4.79. The molecular weight excluding hydrogens is 234 g/mol. The average Bonchev–Trinajstić information content (AvgIpc) is 3.00. The molecule has 0 aromatic carbocycles. The third-order valence-corrected chi connectivity index (χ3v) is 4.16. The molecule has 102 valence electrons. The molecule has 0 N–H and O–H groups in total. The second-order valence-electron chi connectivity index (χ2n) is 5.45. The van der Waals surface area contributed by atoms with Crippen molar-refractivity contribution in [1.82, 2.24) is 4.90 Å². The molecule has 5 nitrogen and oxygen atoms in total. The van der Waals surface area contributed by atoms with Crippen molar-refractivity contribution in [2.45, 2.75) is 50.6 Å². The first-order valence-electron chi connectivity index (χ1n) is 6.91. The summed E-state index contributed by atoms with van der Waals surface area (Å²) in [6, 6.07) is 0. The van der Waals surface area contributed by atoms with Crippen LogP contribution in [0, 0.1) is 0 Å². The maximum atomic E-state index is 12.3. The number of likely N-dealkylation sites (tertiary alicyclic amines) is 1. The van der Waals surface area contributed by atoms with E-state index in [1.165, 1.54) is 0 Å². The van der Waals surface area contributed by atoms with Crippen molar-refractivity contribution in [3.8, 4) is 0 Å². The van der Waals surface area contributed by atoms with Crippen LogP contribution in [0.3, 0.4) is 0 Å². The van der Waals surface area contributed by atoms with Crippen molar-refractivity contribution < 1.29 is 19.0 Å². The Morgan fingerprint density at radius 1 is 1.17 bits per heavy atom. The molecule has 0 saturated carbocycles. The number of ether oxygens (including phenoxy) is 3. The molecule has 1 amide bonds. The lowest BCUT2D eigenvalue weighted by Gasteiger charge is -2.38. The average molecular weight is 255 g/mol. The zero-order chi connectivity index (χ0) is 12.6. The van der Waals surface area contributed by atoms with Crippen LogP contribution in [0.1, 0.15) is 32.6 Å². The Hall–Kier alpha value is -0.650. The molecule has 3 rings (SSSR count). The van der Waals surface area contributed by atoms with E-state index in [9.17, 15) is 4.79 Å². The van der Waals surface area contributed by atoms with Crippen LogP contribution >= 0.6 is 0 Å². The summed E-state index contributed by atoms with van der Waals surface area (Å²) >= 11 is 0. The molecule has 3 fully saturated rings. The monoisotopic (exact) mass is 255 g/mol. The second-order valence-corrected chi connectivity index (χ2v) is 5.45. The van der Waals surface area contributed by atoms with Crippen LogP contribution in [-0.4, -0.2) is 55.1 Å². The van der Waals surface area contributed by atoms with Gasteiger partial charge >= 0.3 is 0 Å². The van der Waals surface area contributed by atoms with Crippen LogP contribution in [0.15, 0.2) is 0 Å².